The monoisotopic (exact) mass is 322 g/mol. The number of rotatable bonds is 3. The molecule has 0 fully saturated rings. The number of anilines is 1. The first-order chi connectivity index (χ1) is 10.0. The number of nitrogens with zero attached hydrogens (tertiary/aromatic N) is 2. The lowest BCUT2D eigenvalue weighted by molar-refractivity contribution is 0.0686. The molecular formula is C12H7ClN4O3S. The van der Waals surface area contributed by atoms with Crippen LogP contribution in [-0.4, -0.2) is 31.9 Å². The van der Waals surface area contributed by atoms with E-state index in [4.69, 9.17) is 16.7 Å². The van der Waals surface area contributed by atoms with Gasteiger partial charge in [0.2, 0.25) is 0 Å². The molecule has 0 aliphatic carbocycles. The molecule has 21 heavy (non-hydrogen) atoms. The standard InChI is InChI=1S/C12H7ClN4O3S/c13-5-1-2-6-7(3-5)21-12(16-6)17-10(18)8-9(11(19)20)15-4-14-8/h1-4H,(H,14,15)(H,19,20)(H,16,17,18). The number of aromatic carboxylic acids is 1. The van der Waals surface area contributed by atoms with Crippen LogP contribution in [-0.2, 0) is 0 Å². The Morgan fingerprint density at radius 1 is 1.38 bits per heavy atom. The molecule has 7 nitrogen and oxygen atoms in total. The van der Waals surface area contributed by atoms with E-state index < -0.39 is 11.9 Å². The van der Waals surface area contributed by atoms with Gasteiger partial charge in [-0.1, -0.05) is 22.9 Å². The highest BCUT2D eigenvalue weighted by Gasteiger charge is 2.20. The number of carboxylic acids is 1. The lowest BCUT2D eigenvalue weighted by Gasteiger charge is -1.98. The minimum absolute atomic E-state index is 0.195. The van der Waals surface area contributed by atoms with E-state index in [0.29, 0.717) is 15.7 Å². The quantitative estimate of drug-likeness (QED) is 0.687. The van der Waals surface area contributed by atoms with Crippen LogP contribution in [0.5, 0.6) is 0 Å². The van der Waals surface area contributed by atoms with Gasteiger partial charge in [0.05, 0.1) is 16.5 Å². The molecule has 106 valence electrons. The summed E-state index contributed by atoms with van der Waals surface area (Å²) in [6.07, 6.45) is 1.15. The molecule has 9 heteroatoms. The number of carbonyl (C=O) groups is 2. The number of benzene rings is 1. The van der Waals surface area contributed by atoms with Gasteiger partial charge >= 0.3 is 5.97 Å². The summed E-state index contributed by atoms with van der Waals surface area (Å²) in [5.74, 6) is -1.90. The summed E-state index contributed by atoms with van der Waals surface area (Å²) in [7, 11) is 0. The first-order valence-electron chi connectivity index (χ1n) is 5.68. The van der Waals surface area contributed by atoms with E-state index in [1.807, 2.05) is 0 Å². The Kier molecular flexibility index (Phi) is 3.32. The van der Waals surface area contributed by atoms with Crippen molar-refractivity contribution in [2.75, 3.05) is 5.32 Å². The molecule has 3 aromatic rings. The number of aromatic nitrogens is 3. The number of aromatic amines is 1. The van der Waals surface area contributed by atoms with Crippen LogP contribution in [0.4, 0.5) is 5.13 Å². The number of carboxylic acid groups (broad SMARTS) is 1. The highest BCUT2D eigenvalue weighted by atomic mass is 35.5. The van der Waals surface area contributed by atoms with Crippen molar-refractivity contribution in [3.63, 3.8) is 0 Å². The Hall–Kier alpha value is -2.45. The minimum atomic E-state index is -1.26. The van der Waals surface area contributed by atoms with Crippen LogP contribution in [0.25, 0.3) is 10.2 Å². The molecule has 0 bridgehead atoms. The summed E-state index contributed by atoms with van der Waals surface area (Å²) in [4.78, 5) is 33.3. The number of imidazole rings is 1. The second-order valence-electron chi connectivity index (χ2n) is 4.02. The van der Waals surface area contributed by atoms with Crippen molar-refractivity contribution in [2.45, 2.75) is 0 Å². The number of fused-ring (bicyclic) bond motifs is 1. The van der Waals surface area contributed by atoms with Gasteiger partial charge in [0, 0.05) is 5.02 Å². The van der Waals surface area contributed by atoms with Crippen LogP contribution in [0.3, 0.4) is 0 Å². The van der Waals surface area contributed by atoms with Crippen molar-refractivity contribution in [3.05, 3.63) is 40.9 Å². The Bertz CT molecular complexity index is 857. The van der Waals surface area contributed by atoms with E-state index in [0.717, 1.165) is 11.0 Å². The van der Waals surface area contributed by atoms with E-state index >= 15 is 0 Å². The van der Waals surface area contributed by atoms with E-state index in [-0.39, 0.29) is 11.4 Å². The van der Waals surface area contributed by atoms with Crippen LogP contribution in [0, 0.1) is 0 Å². The second-order valence-corrected chi connectivity index (χ2v) is 5.48. The van der Waals surface area contributed by atoms with E-state index in [1.54, 1.807) is 18.2 Å². The predicted octanol–water partition coefficient (Wildman–Crippen LogP) is 2.62. The third-order valence-corrected chi connectivity index (χ3v) is 3.81. The summed E-state index contributed by atoms with van der Waals surface area (Å²) in [5.41, 5.74) is 0.233. The SMILES string of the molecule is O=C(Nc1nc2ccc(Cl)cc2s1)c1nc[nH]c1C(=O)O. The van der Waals surface area contributed by atoms with E-state index in [9.17, 15) is 9.59 Å². The smallest absolute Gasteiger partial charge is 0.354 e. The molecule has 0 aliphatic heterocycles. The number of halogens is 1. The van der Waals surface area contributed by atoms with Gasteiger partial charge in [-0.05, 0) is 18.2 Å². The highest BCUT2D eigenvalue weighted by molar-refractivity contribution is 7.22. The number of thiazole rings is 1. The zero-order chi connectivity index (χ0) is 15.0. The molecule has 0 unspecified atom stereocenters. The molecule has 3 N–H and O–H groups in total. The largest absolute Gasteiger partial charge is 0.477 e. The number of H-pyrrole nitrogens is 1. The first-order valence-corrected chi connectivity index (χ1v) is 6.88. The molecule has 1 aromatic carbocycles. The Morgan fingerprint density at radius 2 is 2.19 bits per heavy atom. The molecule has 3 rings (SSSR count). The van der Waals surface area contributed by atoms with Crippen LogP contribution in [0.15, 0.2) is 24.5 Å². The predicted molar refractivity (Wildman–Crippen MR) is 78.1 cm³/mol. The van der Waals surface area contributed by atoms with Crippen molar-refractivity contribution < 1.29 is 14.7 Å². The normalized spacial score (nSPS) is 10.7. The van der Waals surface area contributed by atoms with Crippen molar-refractivity contribution in [2.24, 2.45) is 0 Å². The first kappa shape index (κ1) is 13.5. The Labute approximate surface area is 126 Å². The number of hydrogen-bond donors (Lipinski definition) is 3. The van der Waals surface area contributed by atoms with Crippen LogP contribution >= 0.6 is 22.9 Å². The molecule has 0 saturated carbocycles. The number of hydrogen-bond acceptors (Lipinski definition) is 5. The molecule has 0 aliphatic rings. The fraction of sp³-hybridized carbons (Fsp3) is 0. The van der Waals surface area contributed by atoms with Gasteiger partial charge in [0.25, 0.3) is 5.91 Å². The average molecular weight is 323 g/mol. The molecule has 2 aromatic heterocycles. The number of amides is 1. The van der Waals surface area contributed by atoms with Crippen molar-refractivity contribution in [3.8, 4) is 0 Å². The van der Waals surface area contributed by atoms with Gasteiger partial charge in [0.15, 0.2) is 16.5 Å². The summed E-state index contributed by atoms with van der Waals surface area (Å²) < 4.78 is 0.818. The maximum absolute atomic E-state index is 12.0. The fourth-order valence-corrected chi connectivity index (χ4v) is 2.87. The highest BCUT2D eigenvalue weighted by Crippen LogP contribution is 2.28. The van der Waals surface area contributed by atoms with Gasteiger partial charge in [-0.25, -0.2) is 14.8 Å². The topological polar surface area (TPSA) is 108 Å². The van der Waals surface area contributed by atoms with Gasteiger partial charge in [-0.15, -0.1) is 0 Å². The maximum atomic E-state index is 12.0. The lowest BCUT2D eigenvalue weighted by Crippen LogP contribution is -2.16. The lowest BCUT2D eigenvalue weighted by atomic mass is 10.3. The van der Waals surface area contributed by atoms with Crippen LogP contribution in [0.2, 0.25) is 5.02 Å². The van der Waals surface area contributed by atoms with Gasteiger partial charge < -0.3 is 10.1 Å². The van der Waals surface area contributed by atoms with Crippen molar-refractivity contribution in [1.29, 1.82) is 0 Å². The molecule has 0 radical (unpaired) electrons. The van der Waals surface area contributed by atoms with Crippen LogP contribution in [0.1, 0.15) is 21.0 Å². The third kappa shape index (κ3) is 2.58. The fourth-order valence-electron chi connectivity index (χ4n) is 1.74. The van der Waals surface area contributed by atoms with Gasteiger partial charge in [-0.3, -0.25) is 10.1 Å². The Morgan fingerprint density at radius 3 is 2.95 bits per heavy atom. The maximum Gasteiger partial charge on any atom is 0.354 e. The van der Waals surface area contributed by atoms with Crippen molar-refractivity contribution >= 4 is 50.2 Å². The van der Waals surface area contributed by atoms with Crippen LogP contribution < -0.4 is 5.32 Å². The molecular weight excluding hydrogens is 316 g/mol. The van der Waals surface area contributed by atoms with Gasteiger partial charge in [0.1, 0.15) is 0 Å². The molecule has 0 saturated heterocycles. The molecule has 0 atom stereocenters. The Balaban J connectivity index is 1.89. The second kappa shape index (κ2) is 5.15. The van der Waals surface area contributed by atoms with E-state index in [1.165, 1.54) is 11.3 Å². The molecule has 0 spiro atoms. The summed E-state index contributed by atoms with van der Waals surface area (Å²) in [6, 6.07) is 5.17. The number of nitrogens with one attached hydrogen (secondary N) is 2. The van der Waals surface area contributed by atoms with E-state index in [2.05, 4.69) is 20.3 Å². The summed E-state index contributed by atoms with van der Waals surface area (Å²) in [6.45, 7) is 0. The van der Waals surface area contributed by atoms with Gasteiger partial charge in [-0.2, -0.15) is 0 Å². The minimum Gasteiger partial charge on any atom is -0.477 e. The number of carbonyl (C=O) groups excluding carboxylic acids is 1. The van der Waals surface area contributed by atoms with Crippen molar-refractivity contribution in [1.82, 2.24) is 15.0 Å². The molecule has 2 heterocycles. The summed E-state index contributed by atoms with van der Waals surface area (Å²) >= 11 is 7.12. The third-order valence-electron chi connectivity index (χ3n) is 2.64. The average Bonchev–Trinajstić information content (AvgIpc) is 3.03. The molecule has 1 amide bonds. The zero-order valence-electron chi connectivity index (χ0n) is 10.3. The summed E-state index contributed by atoms with van der Waals surface area (Å²) in [5, 5.41) is 12.4. The zero-order valence-corrected chi connectivity index (χ0v) is 11.8.